The van der Waals surface area contributed by atoms with Crippen LogP contribution in [-0.4, -0.2) is 42.6 Å². The number of hydrogen-bond acceptors (Lipinski definition) is 8. The minimum absolute atomic E-state index is 0.00615. The zero-order valence-electron chi connectivity index (χ0n) is 18.0. The molecule has 2 heterocycles. The Labute approximate surface area is 190 Å². The van der Waals surface area contributed by atoms with Gasteiger partial charge >= 0.3 is 5.97 Å². The van der Waals surface area contributed by atoms with Crippen LogP contribution in [0, 0.1) is 0 Å². The van der Waals surface area contributed by atoms with E-state index in [9.17, 15) is 19.8 Å². The number of phenols is 2. The summed E-state index contributed by atoms with van der Waals surface area (Å²) in [6, 6.07) is 13.9. The fourth-order valence-corrected chi connectivity index (χ4v) is 4.08. The van der Waals surface area contributed by atoms with Crippen molar-refractivity contribution >= 4 is 12.3 Å². The largest absolute Gasteiger partial charge is 0.508 e. The lowest BCUT2D eigenvalue weighted by atomic mass is 9.77. The average Bonchev–Trinajstić information content (AvgIpc) is 3.10. The summed E-state index contributed by atoms with van der Waals surface area (Å²) >= 11 is 0. The first-order chi connectivity index (χ1) is 15.9. The molecule has 5 rings (SSSR count). The van der Waals surface area contributed by atoms with Gasteiger partial charge in [-0.3, -0.25) is 4.79 Å². The summed E-state index contributed by atoms with van der Waals surface area (Å²) in [4.78, 5) is 23.8. The number of benzene rings is 3. The molecule has 8 heteroatoms. The smallest absolute Gasteiger partial charge is 0.340 e. The second kappa shape index (κ2) is 8.93. The van der Waals surface area contributed by atoms with E-state index >= 15 is 0 Å². The maximum Gasteiger partial charge on any atom is 0.340 e. The monoisotopic (exact) mass is 448 g/mol. The Kier molecular flexibility index (Phi) is 6.04. The molecule has 8 nitrogen and oxygen atoms in total. The van der Waals surface area contributed by atoms with Crippen LogP contribution in [0.15, 0.2) is 54.6 Å². The number of aromatic hydroxyl groups is 2. The van der Waals surface area contributed by atoms with Crippen LogP contribution in [0.1, 0.15) is 43.8 Å². The number of nitrogens with two attached hydrogens (primary N) is 1. The minimum Gasteiger partial charge on any atom is -0.508 e. The maximum atomic E-state index is 12.7. The lowest BCUT2D eigenvalue weighted by Crippen LogP contribution is -2.32. The van der Waals surface area contributed by atoms with Crippen LogP contribution in [0.2, 0.25) is 0 Å². The van der Waals surface area contributed by atoms with Gasteiger partial charge in [0.1, 0.15) is 29.3 Å². The predicted octanol–water partition coefficient (Wildman–Crippen LogP) is 3.03. The van der Waals surface area contributed by atoms with Crippen molar-refractivity contribution in [2.45, 2.75) is 12.0 Å². The number of fused-ring (bicyclic) bond motifs is 6. The van der Waals surface area contributed by atoms with Crippen LogP contribution < -0.4 is 15.8 Å². The Bertz CT molecular complexity index is 1170. The normalized spacial score (nSPS) is 14.2. The molecule has 3 aromatic rings. The first kappa shape index (κ1) is 22.3. The molecule has 0 unspecified atom stereocenters. The molecule has 5 N–H and O–H groups in total. The maximum absolute atomic E-state index is 12.7. The quantitative estimate of drug-likeness (QED) is 0.272. The second-order valence-electron chi connectivity index (χ2n) is 7.70. The SMILES string of the molecule is CNCCCN.O=Cc1ccc2c(c1)C(=O)OC21c2ccc(O)cc2Oc2cc(O)ccc21. The van der Waals surface area contributed by atoms with E-state index in [0.717, 1.165) is 19.5 Å². The highest BCUT2D eigenvalue weighted by Crippen LogP contribution is 2.56. The van der Waals surface area contributed by atoms with E-state index in [2.05, 4.69) is 5.32 Å². The summed E-state index contributed by atoms with van der Waals surface area (Å²) in [5.41, 5.74) is 6.20. The summed E-state index contributed by atoms with van der Waals surface area (Å²) < 4.78 is 11.7. The van der Waals surface area contributed by atoms with Crippen molar-refractivity contribution < 1.29 is 29.3 Å². The van der Waals surface area contributed by atoms with Crippen molar-refractivity contribution in [2.75, 3.05) is 20.1 Å². The third-order valence-corrected chi connectivity index (χ3v) is 5.56. The van der Waals surface area contributed by atoms with E-state index in [1.807, 2.05) is 7.05 Å². The second-order valence-corrected chi connectivity index (χ2v) is 7.70. The molecule has 2 aliphatic rings. The number of rotatable bonds is 4. The first-order valence-corrected chi connectivity index (χ1v) is 10.5. The van der Waals surface area contributed by atoms with Gasteiger partial charge in [-0.05, 0) is 56.9 Å². The number of hydrogen-bond donors (Lipinski definition) is 4. The molecule has 0 fully saturated rings. The highest BCUT2D eigenvalue weighted by molar-refractivity contribution is 5.98. The summed E-state index contributed by atoms with van der Waals surface area (Å²) in [7, 11) is 1.93. The third kappa shape index (κ3) is 3.79. The van der Waals surface area contributed by atoms with Gasteiger partial charge in [0.2, 0.25) is 0 Å². The number of esters is 1. The van der Waals surface area contributed by atoms with Crippen LogP contribution in [0.3, 0.4) is 0 Å². The summed E-state index contributed by atoms with van der Waals surface area (Å²) in [5.74, 6) is 0.0526. The third-order valence-electron chi connectivity index (χ3n) is 5.56. The molecule has 0 amide bonds. The Morgan fingerprint density at radius 2 is 1.58 bits per heavy atom. The summed E-state index contributed by atoms with van der Waals surface area (Å²) in [6.45, 7) is 1.83. The van der Waals surface area contributed by atoms with Gasteiger partial charge < -0.3 is 30.7 Å². The van der Waals surface area contributed by atoms with Gasteiger partial charge in [-0.25, -0.2) is 4.79 Å². The molecule has 33 heavy (non-hydrogen) atoms. The first-order valence-electron chi connectivity index (χ1n) is 10.5. The topological polar surface area (TPSA) is 131 Å². The number of carbonyl (C=O) groups is 2. The van der Waals surface area contributed by atoms with Gasteiger partial charge in [0.15, 0.2) is 5.60 Å². The fraction of sp³-hybridized carbons (Fsp3) is 0.200. The van der Waals surface area contributed by atoms with Crippen molar-refractivity contribution in [2.24, 2.45) is 5.73 Å². The average molecular weight is 448 g/mol. The van der Waals surface area contributed by atoms with E-state index in [0.29, 0.717) is 45.6 Å². The molecule has 1 spiro atoms. The lowest BCUT2D eigenvalue weighted by Gasteiger charge is -2.36. The molecule has 2 aliphatic heterocycles. The van der Waals surface area contributed by atoms with Crippen LogP contribution >= 0.6 is 0 Å². The molecule has 0 saturated heterocycles. The van der Waals surface area contributed by atoms with Crippen molar-refractivity contribution in [3.63, 3.8) is 0 Å². The van der Waals surface area contributed by atoms with Crippen molar-refractivity contribution in [1.29, 1.82) is 0 Å². The van der Waals surface area contributed by atoms with E-state index in [4.69, 9.17) is 15.2 Å². The van der Waals surface area contributed by atoms with Gasteiger partial charge in [-0.15, -0.1) is 0 Å². The number of aldehydes is 1. The number of phenolic OH excluding ortho intramolecular Hbond substituents is 2. The Hall–Kier alpha value is -3.88. The molecule has 0 atom stereocenters. The lowest BCUT2D eigenvalue weighted by molar-refractivity contribution is 0.0224. The number of carbonyl (C=O) groups excluding carboxylic acids is 2. The highest BCUT2D eigenvalue weighted by Gasteiger charge is 2.53. The Balaban J connectivity index is 0.000000385. The molecule has 0 aromatic heterocycles. The van der Waals surface area contributed by atoms with Crippen LogP contribution in [0.25, 0.3) is 0 Å². The molecule has 0 aliphatic carbocycles. The minimum atomic E-state index is -1.29. The zero-order valence-corrected chi connectivity index (χ0v) is 18.0. The molecule has 0 bridgehead atoms. The molecule has 0 saturated carbocycles. The van der Waals surface area contributed by atoms with E-state index in [1.165, 1.54) is 30.3 Å². The van der Waals surface area contributed by atoms with Gasteiger partial charge in [-0.1, -0.05) is 12.1 Å². The van der Waals surface area contributed by atoms with Crippen LogP contribution in [-0.2, 0) is 10.3 Å². The Morgan fingerprint density at radius 1 is 0.970 bits per heavy atom. The van der Waals surface area contributed by atoms with Crippen LogP contribution in [0.4, 0.5) is 0 Å². The Morgan fingerprint density at radius 3 is 2.09 bits per heavy atom. The van der Waals surface area contributed by atoms with Gasteiger partial charge in [0, 0.05) is 34.4 Å². The summed E-state index contributed by atoms with van der Waals surface area (Å²) in [5, 5.41) is 22.7. The number of ether oxygens (including phenoxy) is 2. The highest BCUT2D eigenvalue weighted by atomic mass is 16.6. The predicted molar refractivity (Wildman–Crippen MR) is 121 cm³/mol. The van der Waals surface area contributed by atoms with Gasteiger partial charge in [0.25, 0.3) is 0 Å². The fourth-order valence-electron chi connectivity index (χ4n) is 4.08. The summed E-state index contributed by atoms with van der Waals surface area (Å²) in [6.07, 6.45) is 1.75. The van der Waals surface area contributed by atoms with Gasteiger partial charge in [0.05, 0.1) is 5.56 Å². The van der Waals surface area contributed by atoms with E-state index in [-0.39, 0.29) is 11.5 Å². The zero-order chi connectivity index (χ0) is 23.6. The molecular weight excluding hydrogens is 424 g/mol. The number of nitrogens with one attached hydrogen (secondary N) is 1. The molecule has 0 radical (unpaired) electrons. The van der Waals surface area contributed by atoms with Crippen LogP contribution in [0.5, 0.6) is 23.0 Å². The standard InChI is InChI=1S/C21H12O6.C4H12N2/c22-10-11-1-4-15-14(7-11)20(25)27-21(15)16-5-2-12(23)8-18(16)26-19-9-13(24)3-6-17(19)21;1-6-4-2-3-5/h1-10,23-24H;6H,2-5H2,1H3. The molecule has 170 valence electrons. The van der Waals surface area contributed by atoms with Gasteiger partial charge in [-0.2, -0.15) is 0 Å². The molecular formula is C25H24N2O6. The molecule has 3 aromatic carbocycles. The van der Waals surface area contributed by atoms with Crippen molar-refractivity contribution in [3.05, 3.63) is 82.4 Å². The van der Waals surface area contributed by atoms with E-state index < -0.39 is 11.6 Å². The van der Waals surface area contributed by atoms with E-state index in [1.54, 1.807) is 24.3 Å². The van der Waals surface area contributed by atoms with Crippen molar-refractivity contribution in [3.8, 4) is 23.0 Å². The van der Waals surface area contributed by atoms with Crippen molar-refractivity contribution in [1.82, 2.24) is 5.32 Å².